The molecular weight excluding hydrogens is 320 g/mol. The Morgan fingerprint density at radius 1 is 1.04 bits per heavy atom. The minimum atomic E-state index is -0.369. The molecule has 130 valence electrons. The zero-order valence-corrected chi connectivity index (χ0v) is 13.9. The summed E-state index contributed by atoms with van der Waals surface area (Å²) >= 11 is 0. The minimum Gasteiger partial charge on any atom is -0.369 e. The van der Waals surface area contributed by atoms with Gasteiger partial charge in [-0.05, 0) is 12.8 Å². The maximum Gasteiger partial charge on any atom is 0.274 e. The van der Waals surface area contributed by atoms with Gasteiger partial charge in [0.05, 0.1) is 32.1 Å². The van der Waals surface area contributed by atoms with E-state index in [1.807, 2.05) is 4.90 Å². The molecule has 2 saturated heterocycles. The van der Waals surface area contributed by atoms with Crippen LogP contribution in [0, 0.1) is 0 Å². The number of amides is 1. The summed E-state index contributed by atoms with van der Waals surface area (Å²) in [4.78, 5) is 33.4. The number of carbonyl (C=O) groups is 1. The third kappa shape index (κ3) is 3.30. The van der Waals surface area contributed by atoms with Crippen molar-refractivity contribution in [1.82, 2.24) is 24.8 Å². The molecule has 8 nitrogen and oxygen atoms in total. The van der Waals surface area contributed by atoms with E-state index in [1.165, 1.54) is 6.20 Å². The van der Waals surface area contributed by atoms with Gasteiger partial charge in [0.2, 0.25) is 0 Å². The monoisotopic (exact) mass is 340 g/mol. The van der Waals surface area contributed by atoms with Crippen molar-refractivity contribution < 1.29 is 9.53 Å². The van der Waals surface area contributed by atoms with Crippen LogP contribution in [-0.2, 0) is 4.74 Å². The van der Waals surface area contributed by atoms with Crippen LogP contribution in [0.2, 0.25) is 0 Å². The third-order valence-corrected chi connectivity index (χ3v) is 4.73. The first-order chi connectivity index (χ1) is 12.3. The summed E-state index contributed by atoms with van der Waals surface area (Å²) < 4.78 is 6.15. The van der Waals surface area contributed by atoms with Gasteiger partial charge in [0, 0.05) is 37.9 Å². The molecule has 1 atom stereocenters. The lowest BCUT2D eigenvalue weighted by molar-refractivity contribution is -0.105. The largest absolute Gasteiger partial charge is 0.369 e. The molecule has 2 aromatic heterocycles. The summed E-state index contributed by atoms with van der Waals surface area (Å²) in [5, 5.41) is 0. The van der Waals surface area contributed by atoms with Gasteiger partial charge >= 0.3 is 0 Å². The standard InChI is InChI=1S/C17H20N6O2/c24-16(14-10-18-3-5-20-14)23-8-9-25-17(13-23)2-1-7-22(12-17)15-11-19-4-6-21-15/h3-6,10-11H,1-2,7-9,12-13H2/t17-/m1/s1. The normalized spacial score (nSPS) is 23.7. The van der Waals surface area contributed by atoms with E-state index in [0.29, 0.717) is 31.9 Å². The number of rotatable bonds is 2. The fourth-order valence-electron chi connectivity index (χ4n) is 3.58. The van der Waals surface area contributed by atoms with Gasteiger partial charge in [-0.15, -0.1) is 0 Å². The zero-order chi connectivity index (χ0) is 17.1. The first kappa shape index (κ1) is 15.9. The average Bonchev–Trinajstić information content (AvgIpc) is 2.69. The van der Waals surface area contributed by atoms with Crippen LogP contribution < -0.4 is 4.90 Å². The molecule has 0 unspecified atom stereocenters. The molecule has 0 saturated carbocycles. The Hall–Kier alpha value is -2.61. The summed E-state index contributed by atoms with van der Waals surface area (Å²) in [7, 11) is 0. The third-order valence-electron chi connectivity index (χ3n) is 4.73. The van der Waals surface area contributed by atoms with Crippen LogP contribution in [0.15, 0.2) is 37.2 Å². The predicted octanol–water partition coefficient (Wildman–Crippen LogP) is 0.778. The molecule has 2 aromatic rings. The molecule has 2 aliphatic rings. The van der Waals surface area contributed by atoms with Crippen molar-refractivity contribution in [3.63, 3.8) is 0 Å². The highest BCUT2D eigenvalue weighted by Crippen LogP contribution is 2.31. The molecule has 2 aliphatic heterocycles. The molecule has 0 N–H and O–H groups in total. The maximum absolute atomic E-state index is 12.7. The van der Waals surface area contributed by atoms with Crippen molar-refractivity contribution in [3.05, 3.63) is 42.9 Å². The van der Waals surface area contributed by atoms with E-state index in [4.69, 9.17) is 4.74 Å². The van der Waals surface area contributed by atoms with E-state index in [1.54, 1.807) is 31.0 Å². The van der Waals surface area contributed by atoms with Crippen molar-refractivity contribution in [2.75, 3.05) is 37.7 Å². The van der Waals surface area contributed by atoms with Gasteiger partial charge in [-0.3, -0.25) is 14.8 Å². The van der Waals surface area contributed by atoms with E-state index in [2.05, 4.69) is 24.8 Å². The van der Waals surface area contributed by atoms with Crippen molar-refractivity contribution in [3.8, 4) is 0 Å². The SMILES string of the molecule is O=C(c1cnccn1)N1CCO[C@@]2(CCCN(c3cnccn3)C2)C1. The van der Waals surface area contributed by atoms with E-state index in [9.17, 15) is 4.79 Å². The van der Waals surface area contributed by atoms with Gasteiger partial charge in [-0.25, -0.2) is 9.97 Å². The molecule has 4 rings (SSSR count). The van der Waals surface area contributed by atoms with E-state index in [-0.39, 0.29) is 11.5 Å². The Morgan fingerprint density at radius 2 is 1.88 bits per heavy atom. The number of ether oxygens (including phenoxy) is 1. The molecule has 1 spiro atoms. The molecule has 0 aliphatic carbocycles. The Balaban J connectivity index is 1.51. The van der Waals surface area contributed by atoms with Crippen molar-refractivity contribution in [2.24, 2.45) is 0 Å². The summed E-state index contributed by atoms with van der Waals surface area (Å²) in [6, 6.07) is 0. The fourth-order valence-corrected chi connectivity index (χ4v) is 3.58. The summed E-state index contributed by atoms with van der Waals surface area (Å²) in [5.74, 6) is 0.759. The lowest BCUT2D eigenvalue weighted by atomic mass is 9.90. The van der Waals surface area contributed by atoms with Gasteiger partial charge in [-0.2, -0.15) is 0 Å². The Labute approximate surface area is 145 Å². The number of piperidine rings is 1. The van der Waals surface area contributed by atoms with Crippen molar-refractivity contribution in [1.29, 1.82) is 0 Å². The molecule has 2 fully saturated rings. The fraction of sp³-hybridized carbons (Fsp3) is 0.471. The number of aromatic nitrogens is 4. The molecule has 0 bridgehead atoms. The first-order valence-corrected chi connectivity index (χ1v) is 8.46. The molecule has 8 heteroatoms. The van der Waals surface area contributed by atoms with Crippen LogP contribution in [0.1, 0.15) is 23.3 Å². The van der Waals surface area contributed by atoms with Crippen LogP contribution in [-0.4, -0.2) is 69.1 Å². The summed E-state index contributed by atoms with van der Waals surface area (Å²) in [5.41, 5.74) is 0.00690. The van der Waals surface area contributed by atoms with Gasteiger partial charge in [0.1, 0.15) is 17.1 Å². The highest BCUT2D eigenvalue weighted by molar-refractivity contribution is 5.92. The van der Waals surface area contributed by atoms with Crippen LogP contribution in [0.4, 0.5) is 5.82 Å². The smallest absolute Gasteiger partial charge is 0.274 e. The van der Waals surface area contributed by atoms with Crippen LogP contribution in [0.5, 0.6) is 0 Å². The number of hydrogen-bond acceptors (Lipinski definition) is 7. The molecular formula is C17H20N6O2. The minimum absolute atomic E-state index is 0.0904. The molecule has 4 heterocycles. The summed E-state index contributed by atoms with van der Waals surface area (Å²) in [6.45, 7) is 3.28. The van der Waals surface area contributed by atoms with Crippen molar-refractivity contribution in [2.45, 2.75) is 18.4 Å². The Morgan fingerprint density at radius 3 is 2.64 bits per heavy atom. The second-order valence-electron chi connectivity index (χ2n) is 6.44. The van der Waals surface area contributed by atoms with E-state index in [0.717, 1.165) is 25.2 Å². The zero-order valence-electron chi connectivity index (χ0n) is 13.9. The molecule has 25 heavy (non-hydrogen) atoms. The predicted molar refractivity (Wildman–Crippen MR) is 90.1 cm³/mol. The number of anilines is 1. The van der Waals surface area contributed by atoms with Crippen LogP contribution in [0.3, 0.4) is 0 Å². The van der Waals surface area contributed by atoms with Gasteiger partial charge < -0.3 is 14.5 Å². The number of hydrogen-bond donors (Lipinski definition) is 0. The summed E-state index contributed by atoms with van der Waals surface area (Å²) in [6.07, 6.45) is 11.7. The molecule has 0 radical (unpaired) electrons. The topological polar surface area (TPSA) is 84.3 Å². The van der Waals surface area contributed by atoms with Gasteiger partial charge in [0.15, 0.2) is 0 Å². The first-order valence-electron chi connectivity index (χ1n) is 8.46. The second kappa shape index (κ2) is 6.72. The lowest BCUT2D eigenvalue weighted by Gasteiger charge is -2.48. The quantitative estimate of drug-likeness (QED) is 0.798. The number of nitrogens with zero attached hydrogens (tertiary/aromatic N) is 6. The number of carbonyl (C=O) groups excluding carboxylic acids is 1. The van der Waals surface area contributed by atoms with Gasteiger partial charge in [0.25, 0.3) is 5.91 Å². The van der Waals surface area contributed by atoms with Crippen LogP contribution >= 0.6 is 0 Å². The molecule has 1 amide bonds. The number of morpholine rings is 1. The van der Waals surface area contributed by atoms with Gasteiger partial charge in [-0.1, -0.05) is 0 Å². The lowest BCUT2D eigenvalue weighted by Crippen LogP contribution is -2.61. The molecule has 0 aromatic carbocycles. The van der Waals surface area contributed by atoms with Crippen molar-refractivity contribution >= 4 is 11.7 Å². The Bertz CT molecular complexity index is 724. The average molecular weight is 340 g/mol. The highest BCUT2D eigenvalue weighted by atomic mass is 16.5. The Kier molecular flexibility index (Phi) is 4.27. The van der Waals surface area contributed by atoms with E-state index < -0.39 is 0 Å². The van der Waals surface area contributed by atoms with E-state index >= 15 is 0 Å². The van der Waals surface area contributed by atoms with Crippen LogP contribution in [0.25, 0.3) is 0 Å². The second-order valence-corrected chi connectivity index (χ2v) is 6.44. The maximum atomic E-state index is 12.7. The highest BCUT2D eigenvalue weighted by Gasteiger charge is 2.42.